The second-order valence-electron chi connectivity index (χ2n) is 5.57. The van der Waals surface area contributed by atoms with Crippen LogP contribution in [0, 0.1) is 5.92 Å². The van der Waals surface area contributed by atoms with E-state index >= 15 is 0 Å². The molecule has 20 heavy (non-hydrogen) atoms. The molecule has 3 rings (SSSR count). The molecule has 2 atom stereocenters. The molecular formula is C14H17NO4S. The summed E-state index contributed by atoms with van der Waals surface area (Å²) in [5.74, 6) is 0.00136. The SMILES string of the molecule is O=C1CCc2cc(C(O)C3CCS(=O)(=O)C3)ccc2N1. The molecule has 108 valence electrons. The Balaban J connectivity index is 1.82. The van der Waals surface area contributed by atoms with E-state index in [1.807, 2.05) is 6.07 Å². The van der Waals surface area contributed by atoms with Gasteiger partial charge in [0.25, 0.3) is 0 Å². The predicted octanol–water partition coefficient (Wildman–Crippen LogP) is 1.04. The van der Waals surface area contributed by atoms with Crippen molar-refractivity contribution in [2.75, 3.05) is 16.8 Å². The number of aliphatic hydroxyl groups is 1. The summed E-state index contributed by atoms with van der Waals surface area (Å²) in [6, 6.07) is 5.43. The monoisotopic (exact) mass is 295 g/mol. The number of carbonyl (C=O) groups excluding carboxylic acids is 1. The molecule has 1 saturated heterocycles. The van der Waals surface area contributed by atoms with E-state index in [0.29, 0.717) is 19.3 Å². The van der Waals surface area contributed by atoms with Crippen molar-refractivity contribution in [1.82, 2.24) is 0 Å². The minimum absolute atomic E-state index is 0.00712. The predicted molar refractivity (Wildman–Crippen MR) is 75.1 cm³/mol. The zero-order valence-corrected chi connectivity index (χ0v) is 11.8. The van der Waals surface area contributed by atoms with Gasteiger partial charge in [-0.15, -0.1) is 0 Å². The molecule has 1 amide bonds. The summed E-state index contributed by atoms with van der Waals surface area (Å²) in [5, 5.41) is 13.1. The first-order chi connectivity index (χ1) is 9.44. The summed E-state index contributed by atoms with van der Waals surface area (Å²) in [6.45, 7) is 0. The van der Waals surface area contributed by atoms with E-state index in [-0.39, 0.29) is 23.3 Å². The fourth-order valence-corrected chi connectivity index (χ4v) is 4.76. The van der Waals surface area contributed by atoms with Gasteiger partial charge in [0.2, 0.25) is 5.91 Å². The van der Waals surface area contributed by atoms with Crippen molar-refractivity contribution < 1.29 is 18.3 Å². The highest BCUT2D eigenvalue weighted by molar-refractivity contribution is 7.91. The van der Waals surface area contributed by atoms with Crippen LogP contribution in [0.2, 0.25) is 0 Å². The van der Waals surface area contributed by atoms with Gasteiger partial charge in [-0.25, -0.2) is 8.42 Å². The Kier molecular flexibility index (Phi) is 3.30. The number of hydrogen-bond acceptors (Lipinski definition) is 4. The molecule has 0 radical (unpaired) electrons. The fourth-order valence-electron chi connectivity index (χ4n) is 2.93. The number of amides is 1. The number of aliphatic hydroxyl groups excluding tert-OH is 1. The number of hydrogen-bond donors (Lipinski definition) is 2. The molecule has 0 aliphatic carbocycles. The van der Waals surface area contributed by atoms with Gasteiger partial charge < -0.3 is 10.4 Å². The average Bonchev–Trinajstić information content (AvgIpc) is 2.77. The van der Waals surface area contributed by atoms with Crippen LogP contribution < -0.4 is 5.32 Å². The van der Waals surface area contributed by atoms with E-state index in [2.05, 4.69) is 5.32 Å². The maximum Gasteiger partial charge on any atom is 0.224 e. The smallest absolute Gasteiger partial charge is 0.224 e. The Labute approximate surface area is 117 Å². The van der Waals surface area contributed by atoms with Crippen molar-refractivity contribution in [3.63, 3.8) is 0 Å². The first-order valence-electron chi connectivity index (χ1n) is 6.76. The minimum atomic E-state index is -2.99. The van der Waals surface area contributed by atoms with E-state index < -0.39 is 15.9 Å². The van der Waals surface area contributed by atoms with E-state index in [9.17, 15) is 18.3 Å². The molecule has 2 aliphatic heterocycles. The van der Waals surface area contributed by atoms with Crippen LogP contribution in [0.4, 0.5) is 5.69 Å². The third-order valence-electron chi connectivity index (χ3n) is 4.08. The summed E-state index contributed by atoms with van der Waals surface area (Å²) in [4.78, 5) is 11.3. The summed E-state index contributed by atoms with van der Waals surface area (Å²) in [5.41, 5.74) is 2.53. The van der Waals surface area contributed by atoms with Crippen LogP contribution >= 0.6 is 0 Å². The van der Waals surface area contributed by atoms with Gasteiger partial charge in [0, 0.05) is 18.0 Å². The molecule has 1 aromatic rings. The number of nitrogens with one attached hydrogen (secondary N) is 1. The molecule has 0 saturated carbocycles. The zero-order valence-electron chi connectivity index (χ0n) is 11.0. The topological polar surface area (TPSA) is 83.5 Å². The van der Waals surface area contributed by atoms with Gasteiger partial charge in [0.1, 0.15) is 0 Å². The van der Waals surface area contributed by atoms with E-state index in [0.717, 1.165) is 16.8 Å². The number of aryl methyl sites for hydroxylation is 1. The van der Waals surface area contributed by atoms with Crippen molar-refractivity contribution in [2.24, 2.45) is 5.92 Å². The standard InChI is InChI=1S/C14H17NO4S/c16-13-4-2-9-7-10(1-3-12(9)15-13)14(17)11-5-6-20(18,19)8-11/h1,3,7,11,14,17H,2,4-6,8H2,(H,15,16). The van der Waals surface area contributed by atoms with Crippen molar-refractivity contribution in [3.8, 4) is 0 Å². The Morgan fingerprint density at radius 3 is 2.80 bits per heavy atom. The summed E-state index contributed by atoms with van der Waals surface area (Å²) in [6.07, 6.45) is 0.863. The molecule has 5 nitrogen and oxygen atoms in total. The highest BCUT2D eigenvalue weighted by atomic mass is 32.2. The summed E-state index contributed by atoms with van der Waals surface area (Å²) < 4.78 is 23.0. The normalized spacial score (nSPS) is 25.9. The third kappa shape index (κ3) is 2.58. The molecule has 2 heterocycles. The lowest BCUT2D eigenvalue weighted by Gasteiger charge is -2.21. The quantitative estimate of drug-likeness (QED) is 0.854. The molecule has 1 fully saturated rings. The molecule has 2 unspecified atom stereocenters. The second-order valence-corrected chi connectivity index (χ2v) is 7.80. The molecule has 1 aromatic carbocycles. The summed E-state index contributed by atoms with van der Waals surface area (Å²) in [7, 11) is -2.99. The minimum Gasteiger partial charge on any atom is -0.388 e. The largest absolute Gasteiger partial charge is 0.388 e. The first kappa shape index (κ1) is 13.6. The number of rotatable bonds is 2. The molecule has 2 N–H and O–H groups in total. The highest BCUT2D eigenvalue weighted by Gasteiger charge is 2.33. The Hall–Kier alpha value is -1.40. The molecule has 0 spiro atoms. The maximum atomic E-state index is 11.5. The lowest BCUT2D eigenvalue weighted by molar-refractivity contribution is -0.116. The molecule has 0 bridgehead atoms. The molecule has 2 aliphatic rings. The van der Waals surface area contributed by atoms with Crippen LogP contribution in [-0.2, 0) is 21.1 Å². The molecule has 0 aromatic heterocycles. The number of benzene rings is 1. The Morgan fingerprint density at radius 1 is 1.30 bits per heavy atom. The van der Waals surface area contributed by atoms with Gasteiger partial charge in [-0.05, 0) is 30.0 Å². The first-order valence-corrected chi connectivity index (χ1v) is 8.58. The zero-order chi connectivity index (χ0) is 14.3. The maximum absolute atomic E-state index is 11.5. The molecule has 6 heteroatoms. The second kappa shape index (κ2) is 4.86. The number of fused-ring (bicyclic) bond motifs is 1. The van der Waals surface area contributed by atoms with Crippen LogP contribution in [0.1, 0.15) is 30.1 Å². The van der Waals surface area contributed by atoms with Crippen molar-refractivity contribution >= 4 is 21.4 Å². The van der Waals surface area contributed by atoms with E-state index in [4.69, 9.17) is 0 Å². The number of anilines is 1. The van der Waals surface area contributed by atoms with Crippen molar-refractivity contribution in [3.05, 3.63) is 29.3 Å². The van der Waals surface area contributed by atoms with Crippen LogP contribution in [0.25, 0.3) is 0 Å². The van der Waals surface area contributed by atoms with E-state index in [1.165, 1.54) is 0 Å². The van der Waals surface area contributed by atoms with Crippen LogP contribution in [0.15, 0.2) is 18.2 Å². The van der Waals surface area contributed by atoms with Crippen LogP contribution in [0.5, 0.6) is 0 Å². The number of carbonyl (C=O) groups is 1. The number of sulfone groups is 1. The van der Waals surface area contributed by atoms with Gasteiger partial charge in [0.15, 0.2) is 9.84 Å². The van der Waals surface area contributed by atoms with Crippen LogP contribution in [0.3, 0.4) is 0 Å². The van der Waals surface area contributed by atoms with Crippen LogP contribution in [-0.4, -0.2) is 30.9 Å². The van der Waals surface area contributed by atoms with Gasteiger partial charge in [-0.2, -0.15) is 0 Å². The summed E-state index contributed by atoms with van der Waals surface area (Å²) >= 11 is 0. The highest BCUT2D eigenvalue weighted by Crippen LogP contribution is 2.33. The van der Waals surface area contributed by atoms with Gasteiger partial charge in [0.05, 0.1) is 17.6 Å². The van der Waals surface area contributed by atoms with Gasteiger partial charge in [-0.3, -0.25) is 4.79 Å². The van der Waals surface area contributed by atoms with Gasteiger partial charge >= 0.3 is 0 Å². The van der Waals surface area contributed by atoms with Crippen molar-refractivity contribution in [1.29, 1.82) is 0 Å². The lowest BCUT2D eigenvalue weighted by Crippen LogP contribution is -2.20. The lowest BCUT2D eigenvalue weighted by atomic mass is 9.92. The average molecular weight is 295 g/mol. The van der Waals surface area contributed by atoms with E-state index in [1.54, 1.807) is 12.1 Å². The Bertz CT molecular complexity index is 653. The third-order valence-corrected chi connectivity index (χ3v) is 5.87. The molecular weight excluding hydrogens is 278 g/mol. The van der Waals surface area contributed by atoms with Crippen molar-refractivity contribution in [2.45, 2.75) is 25.4 Å². The fraction of sp³-hybridized carbons (Fsp3) is 0.500. The Morgan fingerprint density at radius 2 is 2.10 bits per heavy atom. The van der Waals surface area contributed by atoms with Gasteiger partial charge in [-0.1, -0.05) is 12.1 Å².